The average molecular weight is 401 g/mol. The molecule has 26 heavy (non-hydrogen) atoms. The number of carbonyl (C=O) groups is 1. The molecule has 0 aromatic carbocycles. The van der Waals surface area contributed by atoms with E-state index >= 15 is 0 Å². The molecule has 0 saturated carbocycles. The summed E-state index contributed by atoms with van der Waals surface area (Å²) in [4.78, 5) is 11.3. The summed E-state index contributed by atoms with van der Waals surface area (Å²) in [6, 6.07) is 3.33. The molecule has 0 aliphatic rings. The fourth-order valence-corrected chi connectivity index (χ4v) is 7.01. The van der Waals surface area contributed by atoms with Crippen LogP contribution in [-0.2, 0) is 26.1 Å². The topological polar surface area (TPSA) is 116 Å². The summed E-state index contributed by atoms with van der Waals surface area (Å²) in [5, 5.41) is 0. The van der Waals surface area contributed by atoms with Crippen molar-refractivity contribution in [1.82, 2.24) is 4.40 Å². The maximum absolute atomic E-state index is 12.9. The molecule has 7 nitrogen and oxygen atoms in total. The highest BCUT2D eigenvalue weighted by molar-refractivity contribution is 7.94. The van der Waals surface area contributed by atoms with Gasteiger partial charge in [-0.3, -0.25) is 4.79 Å². The van der Waals surface area contributed by atoms with E-state index in [-0.39, 0.29) is 27.6 Å². The summed E-state index contributed by atoms with van der Waals surface area (Å²) in [6.07, 6.45) is 2.76. The van der Waals surface area contributed by atoms with Crippen LogP contribution in [0.15, 0.2) is 28.1 Å². The highest BCUT2D eigenvalue weighted by Gasteiger charge is 2.36. The van der Waals surface area contributed by atoms with Crippen molar-refractivity contribution in [3.8, 4) is 0 Å². The SMILES string of the molecule is CCCS(=O)(=O)c1c(S(=O)(=O)CCC)c2cc(CC)ccn2c1C(N)=O. The third kappa shape index (κ3) is 3.50. The van der Waals surface area contributed by atoms with E-state index in [2.05, 4.69) is 0 Å². The van der Waals surface area contributed by atoms with Crippen molar-refractivity contribution in [2.75, 3.05) is 11.5 Å². The number of nitrogens with zero attached hydrogens (tertiary/aromatic N) is 1. The smallest absolute Gasteiger partial charge is 0.267 e. The van der Waals surface area contributed by atoms with E-state index in [0.717, 1.165) is 5.56 Å². The zero-order valence-corrected chi connectivity index (χ0v) is 16.8. The predicted molar refractivity (Wildman–Crippen MR) is 100.0 cm³/mol. The van der Waals surface area contributed by atoms with Crippen molar-refractivity contribution < 1.29 is 21.6 Å². The standard InChI is InChI=1S/C17H24N2O5S2/c1-4-9-25(21,22)15-13-11-12(6-3)7-8-19(13)14(17(18)20)16(15)26(23,24)10-5-2/h7-8,11H,4-6,9-10H2,1-3H3,(H2,18,20). The lowest BCUT2D eigenvalue weighted by Gasteiger charge is -2.08. The van der Waals surface area contributed by atoms with Crippen molar-refractivity contribution in [1.29, 1.82) is 0 Å². The molecule has 0 bridgehead atoms. The van der Waals surface area contributed by atoms with Crippen molar-refractivity contribution in [3.05, 3.63) is 29.6 Å². The number of primary amides is 1. The van der Waals surface area contributed by atoms with Gasteiger partial charge >= 0.3 is 0 Å². The number of fused-ring (bicyclic) bond motifs is 1. The molecule has 2 rings (SSSR count). The lowest BCUT2D eigenvalue weighted by atomic mass is 10.2. The maximum atomic E-state index is 12.9. The molecule has 0 radical (unpaired) electrons. The molecule has 0 fully saturated rings. The van der Waals surface area contributed by atoms with Crippen molar-refractivity contribution in [2.24, 2.45) is 5.73 Å². The predicted octanol–water partition coefficient (Wildman–Crippen LogP) is 1.97. The van der Waals surface area contributed by atoms with Crippen LogP contribution in [0.1, 0.15) is 49.7 Å². The number of rotatable bonds is 8. The first-order valence-electron chi connectivity index (χ1n) is 8.52. The average Bonchev–Trinajstić information content (AvgIpc) is 2.90. The first-order chi connectivity index (χ1) is 12.1. The van der Waals surface area contributed by atoms with Crippen molar-refractivity contribution >= 4 is 31.1 Å². The zero-order valence-electron chi connectivity index (χ0n) is 15.1. The van der Waals surface area contributed by atoms with E-state index in [1.54, 1.807) is 26.0 Å². The molecular formula is C17H24N2O5S2. The molecule has 2 N–H and O–H groups in total. The van der Waals surface area contributed by atoms with Gasteiger partial charge in [0.2, 0.25) is 0 Å². The first kappa shape index (κ1) is 20.4. The Morgan fingerprint density at radius 1 is 1.00 bits per heavy atom. The Morgan fingerprint density at radius 3 is 2.00 bits per heavy atom. The Hall–Kier alpha value is -1.87. The van der Waals surface area contributed by atoms with Gasteiger partial charge in [0, 0.05) is 6.20 Å². The van der Waals surface area contributed by atoms with E-state index in [1.165, 1.54) is 10.6 Å². The normalized spacial score (nSPS) is 12.6. The molecule has 0 unspecified atom stereocenters. The van der Waals surface area contributed by atoms with Crippen LogP contribution in [0.4, 0.5) is 0 Å². The summed E-state index contributed by atoms with van der Waals surface area (Å²) in [7, 11) is -7.91. The first-order valence-corrected chi connectivity index (χ1v) is 11.8. The molecule has 144 valence electrons. The third-order valence-corrected chi connectivity index (χ3v) is 8.20. The van der Waals surface area contributed by atoms with Gasteiger partial charge in [0.25, 0.3) is 5.91 Å². The summed E-state index contributed by atoms with van der Waals surface area (Å²) in [5.41, 5.74) is 6.17. The van der Waals surface area contributed by atoms with E-state index in [9.17, 15) is 21.6 Å². The fraction of sp³-hybridized carbons (Fsp3) is 0.471. The molecule has 0 aliphatic heterocycles. The van der Waals surface area contributed by atoms with Crippen LogP contribution in [0, 0.1) is 0 Å². The highest BCUT2D eigenvalue weighted by Crippen LogP contribution is 2.34. The van der Waals surface area contributed by atoms with Gasteiger partial charge in [-0.25, -0.2) is 16.8 Å². The Morgan fingerprint density at radius 2 is 1.54 bits per heavy atom. The number of hydrogen-bond acceptors (Lipinski definition) is 5. The second-order valence-electron chi connectivity index (χ2n) is 6.15. The number of aromatic nitrogens is 1. The molecule has 9 heteroatoms. The molecule has 0 aliphatic carbocycles. The van der Waals surface area contributed by atoms with E-state index in [0.29, 0.717) is 19.3 Å². The van der Waals surface area contributed by atoms with Crippen molar-refractivity contribution in [3.63, 3.8) is 0 Å². The molecule has 2 aromatic rings. The van der Waals surface area contributed by atoms with E-state index in [4.69, 9.17) is 5.73 Å². The number of aryl methyl sites for hydroxylation is 1. The second kappa shape index (κ2) is 7.40. The minimum absolute atomic E-state index is 0.182. The van der Waals surface area contributed by atoms with Crippen LogP contribution >= 0.6 is 0 Å². The summed E-state index contributed by atoms with van der Waals surface area (Å²) in [6.45, 7) is 5.27. The zero-order chi connectivity index (χ0) is 19.7. The Bertz CT molecular complexity index is 1050. The van der Waals surface area contributed by atoms with Crippen molar-refractivity contribution in [2.45, 2.75) is 49.8 Å². The van der Waals surface area contributed by atoms with Gasteiger partial charge in [-0.1, -0.05) is 20.8 Å². The lowest BCUT2D eigenvalue weighted by Crippen LogP contribution is -2.20. The van der Waals surface area contributed by atoms with Gasteiger partial charge in [-0.15, -0.1) is 0 Å². The van der Waals surface area contributed by atoms with Gasteiger partial charge in [-0.05, 0) is 37.0 Å². The number of amides is 1. The number of hydrogen-bond donors (Lipinski definition) is 1. The molecule has 0 atom stereocenters. The number of pyridine rings is 1. The number of sulfone groups is 2. The second-order valence-corrected chi connectivity index (χ2v) is 10.2. The van der Waals surface area contributed by atoms with Crippen LogP contribution in [-0.4, -0.2) is 38.6 Å². The monoisotopic (exact) mass is 400 g/mol. The number of carbonyl (C=O) groups excluding carboxylic acids is 1. The maximum Gasteiger partial charge on any atom is 0.267 e. The lowest BCUT2D eigenvalue weighted by molar-refractivity contribution is 0.0991. The molecule has 1 amide bonds. The van der Waals surface area contributed by atoms with Crippen LogP contribution in [0.3, 0.4) is 0 Å². The summed E-state index contributed by atoms with van der Waals surface area (Å²) in [5.74, 6) is -1.45. The van der Waals surface area contributed by atoms with E-state index < -0.39 is 30.5 Å². The Labute approximate surface area is 154 Å². The van der Waals surface area contributed by atoms with Gasteiger partial charge < -0.3 is 10.1 Å². The van der Waals surface area contributed by atoms with Crippen LogP contribution in [0.25, 0.3) is 5.52 Å². The van der Waals surface area contributed by atoms with Gasteiger partial charge in [0.15, 0.2) is 19.7 Å². The van der Waals surface area contributed by atoms with Crippen LogP contribution in [0.2, 0.25) is 0 Å². The minimum atomic E-state index is -4.00. The fourth-order valence-electron chi connectivity index (χ4n) is 3.03. The quantitative estimate of drug-likeness (QED) is 0.727. The van der Waals surface area contributed by atoms with Gasteiger partial charge in [-0.2, -0.15) is 0 Å². The highest BCUT2D eigenvalue weighted by atomic mass is 32.2. The summed E-state index contributed by atoms with van der Waals surface area (Å²) < 4.78 is 52.9. The van der Waals surface area contributed by atoms with Crippen LogP contribution in [0.5, 0.6) is 0 Å². The van der Waals surface area contributed by atoms with Crippen LogP contribution < -0.4 is 5.73 Å². The largest absolute Gasteiger partial charge is 0.364 e. The van der Waals surface area contributed by atoms with Gasteiger partial charge in [0.1, 0.15) is 15.5 Å². The molecule has 2 heterocycles. The Balaban J connectivity index is 3.12. The molecule has 2 aromatic heterocycles. The third-order valence-electron chi connectivity index (χ3n) is 4.12. The summed E-state index contributed by atoms with van der Waals surface area (Å²) >= 11 is 0. The molecule has 0 spiro atoms. The molecule has 0 saturated heterocycles. The van der Waals surface area contributed by atoms with Gasteiger partial charge in [0.05, 0.1) is 17.0 Å². The number of nitrogens with two attached hydrogens (primary N) is 1. The van der Waals surface area contributed by atoms with E-state index in [1.807, 2.05) is 6.92 Å². The minimum Gasteiger partial charge on any atom is -0.364 e. The Kier molecular flexibility index (Phi) is 5.82. The molecular weight excluding hydrogens is 376 g/mol.